The standard InChI is InChI=1S/C20H19NO2/c1-20(2,3)16-11-9-14(10-12-16)13-17-19(22)23-18(21-17)15-7-5-4-6-8-15/h4-13H,1-3H3. The molecule has 3 rings (SSSR count). The van der Waals surface area contributed by atoms with Gasteiger partial charge in [-0.25, -0.2) is 9.79 Å². The normalized spacial score (nSPS) is 16.4. The molecule has 3 nitrogen and oxygen atoms in total. The second kappa shape index (κ2) is 5.84. The molecule has 0 spiro atoms. The minimum Gasteiger partial charge on any atom is -0.402 e. The molecular formula is C20H19NO2. The number of esters is 1. The molecule has 0 amide bonds. The highest BCUT2D eigenvalue weighted by molar-refractivity contribution is 6.12. The predicted molar refractivity (Wildman–Crippen MR) is 92.2 cm³/mol. The lowest BCUT2D eigenvalue weighted by molar-refractivity contribution is -0.129. The first-order valence-electron chi connectivity index (χ1n) is 7.62. The molecule has 0 saturated heterocycles. The van der Waals surface area contributed by atoms with E-state index in [0.717, 1.165) is 11.1 Å². The molecule has 0 fully saturated rings. The number of nitrogens with zero attached hydrogens (tertiary/aromatic N) is 1. The molecule has 1 heterocycles. The van der Waals surface area contributed by atoms with Crippen LogP contribution in [0.15, 0.2) is 65.3 Å². The number of carbonyl (C=O) groups is 1. The Morgan fingerprint density at radius 1 is 0.957 bits per heavy atom. The molecule has 0 unspecified atom stereocenters. The summed E-state index contributed by atoms with van der Waals surface area (Å²) in [6.07, 6.45) is 1.75. The maximum Gasteiger partial charge on any atom is 0.363 e. The van der Waals surface area contributed by atoms with Crippen molar-refractivity contribution in [2.24, 2.45) is 4.99 Å². The Balaban J connectivity index is 1.88. The van der Waals surface area contributed by atoms with Crippen molar-refractivity contribution in [2.75, 3.05) is 0 Å². The third-order valence-electron chi connectivity index (χ3n) is 3.72. The molecule has 0 atom stereocenters. The quantitative estimate of drug-likeness (QED) is 0.612. The second-order valence-electron chi connectivity index (χ2n) is 6.57. The number of benzene rings is 2. The number of carbonyl (C=O) groups excluding carboxylic acids is 1. The molecule has 0 aliphatic carbocycles. The third kappa shape index (κ3) is 3.39. The highest BCUT2D eigenvalue weighted by atomic mass is 16.6. The van der Waals surface area contributed by atoms with Crippen molar-refractivity contribution in [3.8, 4) is 0 Å². The summed E-state index contributed by atoms with van der Waals surface area (Å²) >= 11 is 0. The Morgan fingerprint density at radius 2 is 1.61 bits per heavy atom. The van der Waals surface area contributed by atoms with Crippen molar-refractivity contribution in [1.82, 2.24) is 0 Å². The summed E-state index contributed by atoms with van der Waals surface area (Å²) < 4.78 is 5.25. The van der Waals surface area contributed by atoms with E-state index >= 15 is 0 Å². The molecular weight excluding hydrogens is 286 g/mol. The summed E-state index contributed by atoms with van der Waals surface area (Å²) in [5.74, 6) is -0.0584. The van der Waals surface area contributed by atoms with Gasteiger partial charge >= 0.3 is 5.97 Å². The van der Waals surface area contributed by atoms with Gasteiger partial charge in [0, 0.05) is 5.56 Å². The summed E-state index contributed by atoms with van der Waals surface area (Å²) in [6.45, 7) is 6.52. The highest BCUT2D eigenvalue weighted by Crippen LogP contribution is 2.24. The van der Waals surface area contributed by atoms with Crippen molar-refractivity contribution < 1.29 is 9.53 Å². The number of hydrogen-bond donors (Lipinski definition) is 0. The van der Waals surface area contributed by atoms with Gasteiger partial charge in [-0.2, -0.15) is 0 Å². The van der Waals surface area contributed by atoms with E-state index in [-0.39, 0.29) is 5.41 Å². The molecule has 3 heteroatoms. The zero-order chi connectivity index (χ0) is 16.4. The van der Waals surface area contributed by atoms with Gasteiger partial charge < -0.3 is 4.74 Å². The van der Waals surface area contributed by atoms with Gasteiger partial charge in [0.05, 0.1) is 0 Å². The average molecular weight is 305 g/mol. The van der Waals surface area contributed by atoms with Crippen LogP contribution in [0.5, 0.6) is 0 Å². The molecule has 0 aromatic heterocycles. The number of aliphatic imine (C=N–C) groups is 1. The van der Waals surface area contributed by atoms with E-state index in [1.165, 1.54) is 5.56 Å². The minimum atomic E-state index is -0.413. The molecule has 23 heavy (non-hydrogen) atoms. The van der Waals surface area contributed by atoms with E-state index in [4.69, 9.17) is 4.74 Å². The second-order valence-corrected chi connectivity index (χ2v) is 6.57. The summed E-state index contributed by atoms with van der Waals surface area (Å²) in [7, 11) is 0. The number of cyclic esters (lactones) is 1. The van der Waals surface area contributed by atoms with Crippen molar-refractivity contribution in [2.45, 2.75) is 26.2 Å². The fourth-order valence-corrected chi connectivity index (χ4v) is 2.35. The fraction of sp³-hybridized carbons (Fsp3) is 0.200. The Kier molecular flexibility index (Phi) is 3.87. The lowest BCUT2D eigenvalue weighted by Gasteiger charge is -2.18. The van der Waals surface area contributed by atoms with Crippen molar-refractivity contribution in [1.29, 1.82) is 0 Å². The monoisotopic (exact) mass is 305 g/mol. The van der Waals surface area contributed by atoms with Gasteiger partial charge in [0.1, 0.15) is 0 Å². The van der Waals surface area contributed by atoms with Crippen LogP contribution < -0.4 is 0 Å². The van der Waals surface area contributed by atoms with Crippen LogP contribution in [0, 0.1) is 0 Å². The molecule has 0 bridgehead atoms. The summed E-state index contributed by atoms with van der Waals surface area (Å²) in [4.78, 5) is 16.3. The van der Waals surface area contributed by atoms with E-state index in [1.54, 1.807) is 6.08 Å². The van der Waals surface area contributed by atoms with Crippen LogP contribution in [0.1, 0.15) is 37.5 Å². The highest BCUT2D eigenvalue weighted by Gasteiger charge is 2.24. The maximum atomic E-state index is 12.0. The largest absolute Gasteiger partial charge is 0.402 e. The Labute approximate surface area is 136 Å². The van der Waals surface area contributed by atoms with E-state index in [2.05, 4.69) is 37.9 Å². The Hall–Kier alpha value is -2.68. The third-order valence-corrected chi connectivity index (χ3v) is 3.72. The van der Waals surface area contributed by atoms with E-state index in [9.17, 15) is 4.79 Å². The first-order valence-corrected chi connectivity index (χ1v) is 7.62. The zero-order valence-electron chi connectivity index (χ0n) is 13.5. The summed E-state index contributed by atoms with van der Waals surface area (Å²) in [5, 5.41) is 0. The predicted octanol–water partition coefficient (Wildman–Crippen LogP) is 4.33. The van der Waals surface area contributed by atoms with E-state index in [0.29, 0.717) is 11.6 Å². The number of hydrogen-bond acceptors (Lipinski definition) is 3. The summed E-state index contributed by atoms with van der Waals surface area (Å²) in [5.41, 5.74) is 3.42. The Bertz CT molecular complexity index is 779. The van der Waals surface area contributed by atoms with Gasteiger partial charge in [0.15, 0.2) is 5.70 Å². The fourth-order valence-electron chi connectivity index (χ4n) is 2.35. The van der Waals surface area contributed by atoms with Crippen LogP contribution in [-0.4, -0.2) is 11.9 Å². The Morgan fingerprint density at radius 3 is 2.22 bits per heavy atom. The van der Waals surface area contributed by atoms with Crippen LogP contribution in [-0.2, 0) is 14.9 Å². The van der Waals surface area contributed by atoms with Crippen molar-refractivity contribution in [3.05, 3.63) is 77.0 Å². The van der Waals surface area contributed by atoms with Crippen molar-refractivity contribution in [3.63, 3.8) is 0 Å². The number of ether oxygens (including phenoxy) is 1. The van der Waals surface area contributed by atoms with Crippen LogP contribution in [0.25, 0.3) is 6.08 Å². The van der Waals surface area contributed by atoms with Gasteiger partial charge in [-0.1, -0.05) is 63.2 Å². The van der Waals surface area contributed by atoms with Gasteiger partial charge in [-0.05, 0) is 34.8 Å². The lowest BCUT2D eigenvalue weighted by Crippen LogP contribution is -2.10. The van der Waals surface area contributed by atoms with Gasteiger partial charge in [0.2, 0.25) is 5.90 Å². The molecule has 0 radical (unpaired) electrons. The zero-order valence-corrected chi connectivity index (χ0v) is 13.5. The van der Waals surface area contributed by atoms with Crippen LogP contribution in [0.3, 0.4) is 0 Å². The van der Waals surface area contributed by atoms with Gasteiger partial charge in [0.25, 0.3) is 0 Å². The average Bonchev–Trinajstić information content (AvgIpc) is 2.89. The SMILES string of the molecule is CC(C)(C)c1ccc(C=C2N=C(c3ccccc3)OC2=O)cc1. The molecule has 0 N–H and O–H groups in total. The first kappa shape index (κ1) is 15.2. The summed E-state index contributed by atoms with van der Waals surface area (Å²) in [6, 6.07) is 17.6. The topological polar surface area (TPSA) is 38.7 Å². The molecule has 1 aliphatic heterocycles. The van der Waals surface area contributed by atoms with Gasteiger partial charge in [-0.3, -0.25) is 0 Å². The maximum absolute atomic E-state index is 12.0. The smallest absolute Gasteiger partial charge is 0.363 e. The van der Waals surface area contributed by atoms with E-state index < -0.39 is 5.97 Å². The molecule has 0 saturated carbocycles. The van der Waals surface area contributed by atoms with Crippen LogP contribution >= 0.6 is 0 Å². The van der Waals surface area contributed by atoms with Crippen molar-refractivity contribution >= 4 is 17.9 Å². The molecule has 1 aliphatic rings. The van der Waals surface area contributed by atoms with Crippen LogP contribution in [0.2, 0.25) is 0 Å². The van der Waals surface area contributed by atoms with Gasteiger partial charge in [-0.15, -0.1) is 0 Å². The van der Waals surface area contributed by atoms with Crippen LogP contribution in [0.4, 0.5) is 0 Å². The van der Waals surface area contributed by atoms with E-state index in [1.807, 2.05) is 42.5 Å². The number of rotatable bonds is 2. The lowest BCUT2D eigenvalue weighted by atomic mass is 9.87. The molecule has 2 aromatic rings. The minimum absolute atomic E-state index is 0.108. The first-order chi connectivity index (χ1) is 10.9. The molecule has 116 valence electrons. The molecule has 2 aromatic carbocycles.